The molecule has 1 fully saturated rings. The summed E-state index contributed by atoms with van der Waals surface area (Å²) >= 11 is 0. The van der Waals surface area contributed by atoms with Crippen molar-refractivity contribution in [3.05, 3.63) is 29.8 Å². The molecule has 0 bridgehead atoms. The molecule has 4 nitrogen and oxygen atoms in total. The Bertz CT molecular complexity index is 505. The van der Waals surface area contributed by atoms with Crippen molar-refractivity contribution >= 4 is 17.4 Å². The smallest absolute Gasteiger partial charge is 0.247 e. The fourth-order valence-corrected chi connectivity index (χ4v) is 2.54. The van der Waals surface area contributed by atoms with E-state index in [0.29, 0.717) is 5.56 Å². The molecule has 4 heteroatoms. The van der Waals surface area contributed by atoms with Crippen LogP contribution in [-0.2, 0) is 4.79 Å². The number of anilines is 1. The zero-order chi connectivity index (χ0) is 14.2. The van der Waals surface area contributed by atoms with Gasteiger partial charge >= 0.3 is 0 Å². The Morgan fingerprint density at radius 3 is 2.26 bits per heavy atom. The van der Waals surface area contributed by atoms with Crippen molar-refractivity contribution in [3.63, 3.8) is 0 Å². The molecule has 0 atom stereocenters. The van der Waals surface area contributed by atoms with Gasteiger partial charge in [-0.2, -0.15) is 0 Å². The first-order valence-corrected chi connectivity index (χ1v) is 6.48. The summed E-state index contributed by atoms with van der Waals surface area (Å²) in [5.41, 5.74) is 1.13. The predicted molar refractivity (Wildman–Crippen MR) is 75.5 cm³/mol. The summed E-state index contributed by atoms with van der Waals surface area (Å²) in [6.45, 7) is 6.94. The number of benzene rings is 1. The summed E-state index contributed by atoms with van der Waals surface area (Å²) in [5, 5.41) is 0. The van der Waals surface area contributed by atoms with Crippen LogP contribution >= 0.6 is 0 Å². The van der Waals surface area contributed by atoms with Gasteiger partial charge in [-0.15, -0.1) is 0 Å². The number of piperazine rings is 1. The first-order chi connectivity index (χ1) is 8.84. The van der Waals surface area contributed by atoms with Crippen molar-refractivity contribution in [3.8, 4) is 0 Å². The number of likely N-dealkylation sites (N-methyl/N-ethyl adjacent to an activating group) is 1. The van der Waals surface area contributed by atoms with E-state index in [9.17, 15) is 9.59 Å². The number of rotatable bonds is 2. The Kier molecular flexibility index (Phi) is 3.35. The van der Waals surface area contributed by atoms with Gasteiger partial charge in [0.05, 0.1) is 0 Å². The van der Waals surface area contributed by atoms with Crippen LogP contribution in [0, 0.1) is 0 Å². The maximum absolute atomic E-state index is 12.2. The maximum atomic E-state index is 12.2. The summed E-state index contributed by atoms with van der Waals surface area (Å²) in [6, 6.07) is 7.46. The normalized spacial score (nSPS) is 18.6. The lowest BCUT2D eigenvalue weighted by Crippen LogP contribution is -2.62. The predicted octanol–water partition coefficient (Wildman–Crippen LogP) is 1.95. The molecule has 0 radical (unpaired) electrons. The highest BCUT2D eigenvalue weighted by Crippen LogP contribution is 2.28. The zero-order valence-corrected chi connectivity index (χ0v) is 11.9. The minimum atomic E-state index is -0.551. The van der Waals surface area contributed by atoms with Crippen LogP contribution < -0.4 is 4.90 Å². The summed E-state index contributed by atoms with van der Waals surface area (Å²) in [4.78, 5) is 27.4. The van der Waals surface area contributed by atoms with Crippen LogP contribution in [0.5, 0.6) is 0 Å². The highest BCUT2D eigenvalue weighted by Gasteiger charge is 2.40. The van der Waals surface area contributed by atoms with Gasteiger partial charge in [-0.1, -0.05) is 0 Å². The van der Waals surface area contributed by atoms with E-state index in [1.165, 1.54) is 0 Å². The van der Waals surface area contributed by atoms with Crippen LogP contribution in [0.2, 0.25) is 0 Å². The van der Waals surface area contributed by atoms with Gasteiger partial charge in [-0.25, -0.2) is 0 Å². The highest BCUT2D eigenvalue weighted by molar-refractivity contribution is 5.95. The topological polar surface area (TPSA) is 40.6 Å². The second-order valence-corrected chi connectivity index (χ2v) is 5.54. The number of nitrogens with zero attached hydrogens (tertiary/aromatic N) is 2. The van der Waals surface area contributed by atoms with Crippen LogP contribution in [0.3, 0.4) is 0 Å². The van der Waals surface area contributed by atoms with Gasteiger partial charge in [0, 0.05) is 31.4 Å². The van der Waals surface area contributed by atoms with Crippen LogP contribution in [0.1, 0.15) is 31.1 Å². The Hall–Kier alpha value is -1.84. The van der Waals surface area contributed by atoms with Gasteiger partial charge in [0.1, 0.15) is 5.54 Å². The molecular formula is C15H20N2O2. The lowest BCUT2D eigenvalue weighted by molar-refractivity contribution is -0.136. The Morgan fingerprint density at radius 1 is 1.16 bits per heavy atom. The van der Waals surface area contributed by atoms with E-state index in [1.54, 1.807) is 11.8 Å². The average Bonchev–Trinajstić information content (AvgIpc) is 2.36. The quantitative estimate of drug-likeness (QED) is 0.763. The van der Waals surface area contributed by atoms with E-state index in [1.807, 2.05) is 45.2 Å². The van der Waals surface area contributed by atoms with Crippen molar-refractivity contribution in [2.75, 3.05) is 25.0 Å². The number of ketones is 1. The summed E-state index contributed by atoms with van der Waals surface area (Å²) in [6.07, 6.45) is 0. The van der Waals surface area contributed by atoms with Gasteiger partial charge in [0.15, 0.2) is 5.78 Å². The number of Topliss-reactive ketones (excluding diaryl/α,β-unsaturated/α-hetero) is 1. The number of carbonyl (C=O) groups excluding carboxylic acids is 2. The third kappa shape index (κ3) is 2.35. The molecule has 1 amide bonds. The van der Waals surface area contributed by atoms with Crippen molar-refractivity contribution in [1.29, 1.82) is 0 Å². The standard InChI is InChI=1S/C15H20N2O2/c1-11(18)12-5-7-13(8-6-12)17-10-9-16(4)14(19)15(17,2)3/h5-8H,9-10H2,1-4H3. The maximum Gasteiger partial charge on any atom is 0.247 e. The van der Waals surface area contributed by atoms with E-state index >= 15 is 0 Å². The molecule has 0 saturated carbocycles. The first-order valence-electron chi connectivity index (χ1n) is 6.48. The van der Waals surface area contributed by atoms with Crippen molar-refractivity contribution < 1.29 is 9.59 Å². The number of carbonyl (C=O) groups is 2. The molecule has 0 unspecified atom stereocenters. The van der Waals surface area contributed by atoms with Gasteiger partial charge < -0.3 is 9.80 Å². The summed E-state index contributed by atoms with van der Waals surface area (Å²) in [7, 11) is 1.83. The van der Waals surface area contributed by atoms with Gasteiger partial charge in [0.2, 0.25) is 5.91 Å². The summed E-state index contributed by atoms with van der Waals surface area (Å²) in [5.74, 6) is 0.176. The fraction of sp³-hybridized carbons (Fsp3) is 0.467. The van der Waals surface area contributed by atoms with Gasteiger partial charge in [-0.3, -0.25) is 9.59 Å². The van der Waals surface area contributed by atoms with Crippen LogP contribution in [0.25, 0.3) is 0 Å². The molecule has 0 N–H and O–H groups in total. The summed E-state index contributed by atoms with van der Waals surface area (Å²) < 4.78 is 0. The lowest BCUT2D eigenvalue weighted by atomic mass is 9.96. The first kappa shape index (κ1) is 13.6. The third-order valence-corrected chi connectivity index (χ3v) is 3.79. The number of amides is 1. The molecule has 1 aliphatic rings. The second-order valence-electron chi connectivity index (χ2n) is 5.54. The van der Waals surface area contributed by atoms with E-state index in [-0.39, 0.29) is 11.7 Å². The molecule has 0 aliphatic carbocycles. The lowest BCUT2D eigenvalue weighted by Gasteiger charge is -2.46. The molecule has 1 aliphatic heterocycles. The largest absolute Gasteiger partial charge is 0.356 e. The second kappa shape index (κ2) is 4.68. The van der Waals surface area contributed by atoms with E-state index in [2.05, 4.69) is 4.90 Å². The number of hydrogen-bond donors (Lipinski definition) is 0. The molecular weight excluding hydrogens is 240 g/mol. The highest BCUT2D eigenvalue weighted by atomic mass is 16.2. The van der Waals surface area contributed by atoms with E-state index < -0.39 is 5.54 Å². The van der Waals surface area contributed by atoms with Gasteiger partial charge in [-0.05, 0) is 45.0 Å². The van der Waals surface area contributed by atoms with Crippen molar-refractivity contribution in [1.82, 2.24) is 4.90 Å². The van der Waals surface area contributed by atoms with E-state index in [4.69, 9.17) is 0 Å². The molecule has 0 aromatic heterocycles. The monoisotopic (exact) mass is 260 g/mol. The Morgan fingerprint density at radius 2 is 1.74 bits per heavy atom. The SMILES string of the molecule is CC(=O)c1ccc(N2CCN(C)C(=O)C2(C)C)cc1. The molecule has 19 heavy (non-hydrogen) atoms. The van der Waals surface area contributed by atoms with Crippen molar-refractivity contribution in [2.45, 2.75) is 26.3 Å². The molecule has 1 saturated heterocycles. The Labute approximate surface area is 114 Å². The minimum absolute atomic E-state index is 0.0558. The molecule has 2 rings (SSSR count). The van der Waals surface area contributed by atoms with E-state index in [0.717, 1.165) is 18.8 Å². The third-order valence-electron chi connectivity index (χ3n) is 3.79. The Balaban J connectivity index is 2.31. The minimum Gasteiger partial charge on any atom is -0.356 e. The molecule has 1 aromatic rings. The molecule has 0 spiro atoms. The van der Waals surface area contributed by atoms with Gasteiger partial charge in [0.25, 0.3) is 0 Å². The van der Waals surface area contributed by atoms with Crippen LogP contribution in [0.4, 0.5) is 5.69 Å². The molecule has 102 valence electrons. The average molecular weight is 260 g/mol. The van der Waals surface area contributed by atoms with Crippen LogP contribution in [-0.4, -0.2) is 42.3 Å². The molecule has 1 aromatic carbocycles. The zero-order valence-electron chi connectivity index (χ0n) is 11.9. The van der Waals surface area contributed by atoms with Crippen molar-refractivity contribution in [2.24, 2.45) is 0 Å². The fourth-order valence-electron chi connectivity index (χ4n) is 2.54. The van der Waals surface area contributed by atoms with Crippen LogP contribution in [0.15, 0.2) is 24.3 Å². The number of hydrogen-bond acceptors (Lipinski definition) is 3. The molecule has 1 heterocycles.